The second kappa shape index (κ2) is 9.68. The summed E-state index contributed by atoms with van der Waals surface area (Å²) in [7, 11) is 0. The number of carbonyl (C=O) groups excluding carboxylic acids is 1. The van der Waals surface area contributed by atoms with Crippen molar-refractivity contribution < 1.29 is 14.6 Å². The molecule has 1 aromatic rings. The smallest absolute Gasteiger partial charge is 0.249 e. The highest BCUT2D eigenvalue weighted by molar-refractivity contribution is 7.12. The number of nitrogens with zero attached hydrogens (tertiary/aromatic N) is 1. The Hall–Kier alpha value is -0.950. The van der Waals surface area contributed by atoms with E-state index in [2.05, 4.69) is 30.1 Å². The fourth-order valence-corrected chi connectivity index (χ4v) is 6.53. The minimum atomic E-state index is -0.840. The molecule has 3 heterocycles. The van der Waals surface area contributed by atoms with Crippen LogP contribution >= 0.6 is 11.3 Å². The number of rotatable bonds is 8. The second-order valence-electron chi connectivity index (χ2n) is 9.50. The summed E-state index contributed by atoms with van der Waals surface area (Å²) in [5, 5.41) is 13.0. The molecule has 2 aliphatic heterocycles. The van der Waals surface area contributed by atoms with Gasteiger partial charge in [-0.05, 0) is 56.1 Å². The first-order valence-corrected chi connectivity index (χ1v) is 12.8. The quantitative estimate of drug-likeness (QED) is 0.656. The summed E-state index contributed by atoms with van der Waals surface area (Å²) in [4.78, 5) is 17.7. The minimum Gasteiger partial charge on any atom is -0.383 e. The Labute approximate surface area is 185 Å². The van der Waals surface area contributed by atoms with E-state index in [4.69, 9.17) is 4.74 Å². The lowest BCUT2D eigenvalue weighted by Gasteiger charge is -2.46. The predicted molar refractivity (Wildman–Crippen MR) is 121 cm³/mol. The zero-order chi connectivity index (χ0) is 21.1. The molecule has 168 valence electrons. The number of carbonyl (C=O) groups is 1. The number of aryl methyl sites for hydroxylation is 1. The van der Waals surface area contributed by atoms with Crippen LogP contribution in [0.5, 0.6) is 0 Å². The number of hydrogen-bond acceptors (Lipinski definition) is 5. The van der Waals surface area contributed by atoms with Crippen LogP contribution in [-0.4, -0.2) is 54.3 Å². The number of thiophene rings is 1. The molecule has 1 aliphatic carbocycles. The van der Waals surface area contributed by atoms with E-state index in [0.29, 0.717) is 12.3 Å². The summed E-state index contributed by atoms with van der Waals surface area (Å²) in [6.45, 7) is 8.50. The van der Waals surface area contributed by atoms with Crippen molar-refractivity contribution in [2.45, 2.75) is 89.4 Å². The van der Waals surface area contributed by atoms with Crippen molar-refractivity contribution in [1.29, 1.82) is 0 Å². The van der Waals surface area contributed by atoms with Crippen LogP contribution in [0.4, 0.5) is 0 Å². The molecule has 1 aromatic heterocycles. The fourth-order valence-electron chi connectivity index (χ4n) is 5.35. The Morgan fingerprint density at radius 1 is 1.37 bits per heavy atom. The second-order valence-corrected chi connectivity index (χ2v) is 10.7. The molecule has 1 unspecified atom stereocenters. The molecule has 1 atom stereocenters. The maximum absolute atomic E-state index is 12.1. The third kappa shape index (κ3) is 4.77. The minimum absolute atomic E-state index is 0.0429. The van der Waals surface area contributed by atoms with Crippen LogP contribution in [0.1, 0.15) is 74.1 Å². The first kappa shape index (κ1) is 22.3. The Kier molecular flexibility index (Phi) is 7.18. The van der Waals surface area contributed by atoms with Gasteiger partial charge in [0.1, 0.15) is 6.10 Å². The number of nitrogens with one attached hydrogen (secondary N) is 1. The van der Waals surface area contributed by atoms with Crippen molar-refractivity contribution in [3.8, 4) is 0 Å². The highest BCUT2D eigenvalue weighted by Gasteiger charge is 2.42. The molecule has 1 saturated heterocycles. The van der Waals surface area contributed by atoms with Gasteiger partial charge in [-0.15, -0.1) is 11.3 Å². The average molecular weight is 435 g/mol. The highest BCUT2D eigenvalue weighted by Crippen LogP contribution is 2.45. The van der Waals surface area contributed by atoms with Crippen molar-refractivity contribution >= 4 is 17.2 Å². The Balaban J connectivity index is 1.21. The van der Waals surface area contributed by atoms with E-state index < -0.39 is 6.10 Å². The van der Waals surface area contributed by atoms with Crippen LogP contribution in [0.25, 0.3) is 0 Å². The molecule has 2 fully saturated rings. The van der Waals surface area contributed by atoms with Crippen molar-refractivity contribution in [3.05, 3.63) is 21.4 Å². The first-order valence-electron chi connectivity index (χ1n) is 12.0. The van der Waals surface area contributed by atoms with E-state index in [-0.39, 0.29) is 17.6 Å². The lowest BCUT2D eigenvalue weighted by molar-refractivity contribution is -0.131. The number of likely N-dealkylation sites (tertiary alicyclic amines) is 1. The van der Waals surface area contributed by atoms with E-state index in [1.165, 1.54) is 10.4 Å². The Morgan fingerprint density at radius 3 is 2.83 bits per heavy atom. The summed E-state index contributed by atoms with van der Waals surface area (Å²) in [5.74, 6) is 0.479. The topological polar surface area (TPSA) is 61.8 Å². The molecule has 1 spiro atoms. The van der Waals surface area contributed by atoms with Gasteiger partial charge in [0.25, 0.3) is 0 Å². The largest absolute Gasteiger partial charge is 0.383 e. The number of piperidine rings is 1. The molecule has 0 aromatic carbocycles. The maximum atomic E-state index is 12.1. The van der Waals surface area contributed by atoms with Gasteiger partial charge >= 0.3 is 0 Å². The summed E-state index contributed by atoms with van der Waals surface area (Å²) >= 11 is 1.99. The average Bonchev–Trinajstić information content (AvgIpc) is 3.17. The molecule has 0 radical (unpaired) electrons. The van der Waals surface area contributed by atoms with Crippen LogP contribution in [0.3, 0.4) is 0 Å². The molecule has 30 heavy (non-hydrogen) atoms. The summed E-state index contributed by atoms with van der Waals surface area (Å²) in [5.41, 5.74) is 1.45. The van der Waals surface area contributed by atoms with Crippen LogP contribution in [-0.2, 0) is 28.0 Å². The first-order chi connectivity index (χ1) is 14.5. The SMILES string of the molecule is CCCCC(O)C(=O)NC1CC(CN2CCC3(CC2)OCCc2sc(CC)cc23)C1. The number of fused-ring (bicyclic) bond motifs is 2. The van der Waals surface area contributed by atoms with Crippen molar-refractivity contribution in [3.63, 3.8) is 0 Å². The third-order valence-electron chi connectivity index (χ3n) is 7.30. The van der Waals surface area contributed by atoms with Gasteiger partial charge in [0.05, 0.1) is 12.2 Å². The van der Waals surface area contributed by atoms with Gasteiger partial charge < -0.3 is 20.1 Å². The van der Waals surface area contributed by atoms with E-state index in [0.717, 1.165) is 77.6 Å². The predicted octanol–water partition coefficient (Wildman–Crippen LogP) is 3.62. The number of aliphatic hydroxyl groups excluding tert-OH is 1. The van der Waals surface area contributed by atoms with Gasteiger partial charge in [-0.3, -0.25) is 4.79 Å². The number of aliphatic hydroxyl groups is 1. The molecular formula is C24H38N2O3S. The maximum Gasteiger partial charge on any atom is 0.249 e. The van der Waals surface area contributed by atoms with Gasteiger partial charge in [0.2, 0.25) is 5.91 Å². The summed E-state index contributed by atoms with van der Waals surface area (Å²) in [6, 6.07) is 2.67. The molecule has 5 nitrogen and oxygen atoms in total. The van der Waals surface area contributed by atoms with E-state index in [9.17, 15) is 9.90 Å². The van der Waals surface area contributed by atoms with Gasteiger partial charge in [-0.1, -0.05) is 26.7 Å². The molecule has 3 aliphatic rings. The zero-order valence-electron chi connectivity index (χ0n) is 18.6. The van der Waals surface area contributed by atoms with Crippen molar-refractivity contribution in [2.24, 2.45) is 5.92 Å². The number of unbranched alkanes of at least 4 members (excludes halogenated alkanes) is 1. The normalized spacial score (nSPS) is 26.8. The third-order valence-corrected chi connectivity index (χ3v) is 8.64. The van der Waals surface area contributed by atoms with Gasteiger partial charge in [-0.2, -0.15) is 0 Å². The molecule has 2 N–H and O–H groups in total. The number of amides is 1. The summed E-state index contributed by atoms with van der Waals surface area (Å²) in [6.07, 6.45) is 8.10. The number of hydrogen-bond donors (Lipinski definition) is 2. The Bertz CT molecular complexity index is 720. The monoisotopic (exact) mass is 434 g/mol. The molecule has 1 amide bonds. The van der Waals surface area contributed by atoms with Crippen molar-refractivity contribution in [1.82, 2.24) is 10.2 Å². The lowest BCUT2D eigenvalue weighted by Crippen LogP contribution is -2.52. The van der Waals surface area contributed by atoms with Crippen LogP contribution in [0.15, 0.2) is 6.07 Å². The standard InChI is InChI=1S/C24H38N2O3S/c1-3-5-6-21(27)23(28)25-18-13-17(14-18)16-26-10-8-24(9-11-26)20-15-19(4-2)30-22(20)7-12-29-24/h15,17-18,21,27H,3-14,16H2,1-2H3,(H,25,28). The Morgan fingerprint density at radius 2 is 2.13 bits per heavy atom. The molecule has 4 rings (SSSR count). The molecular weight excluding hydrogens is 396 g/mol. The van der Waals surface area contributed by atoms with Crippen LogP contribution in [0, 0.1) is 5.92 Å². The van der Waals surface area contributed by atoms with E-state index in [1.54, 1.807) is 4.88 Å². The molecule has 1 saturated carbocycles. The highest BCUT2D eigenvalue weighted by atomic mass is 32.1. The lowest BCUT2D eigenvalue weighted by atomic mass is 9.78. The fraction of sp³-hybridized carbons (Fsp3) is 0.792. The van der Waals surface area contributed by atoms with Gasteiger partial charge in [0, 0.05) is 41.9 Å². The molecule has 6 heteroatoms. The van der Waals surface area contributed by atoms with Crippen molar-refractivity contribution in [2.75, 3.05) is 26.2 Å². The zero-order valence-corrected chi connectivity index (χ0v) is 19.4. The molecule has 0 bridgehead atoms. The van der Waals surface area contributed by atoms with Crippen LogP contribution < -0.4 is 5.32 Å². The van der Waals surface area contributed by atoms with E-state index >= 15 is 0 Å². The van der Waals surface area contributed by atoms with Gasteiger partial charge in [-0.25, -0.2) is 0 Å². The van der Waals surface area contributed by atoms with Gasteiger partial charge in [0.15, 0.2) is 0 Å². The van der Waals surface area contributed by atoms with Crippen LogP contribution in [0.2, 0.25) is 0 Å². The number of ether oxygens (including phenoxy) is 1. The summed E-state index contributed by atoms with van der Waals surface area (Å²) < 4.78 is 6.40. The van der Waals surface area contributed by atoms with E-state index in [1.807, 2.05) is 11.3 Å².